The summed E-state index contributed by atoms with van der Waals surface area (Å²) in [5, 5.41) is 11.0. The molecule has 0 aliphatic heterocycles. The van der Waals surface area contributed by atoms with Crippen molar-refractivity contribution in [2.45, 2.75) is 37.1 Å². The maximum absolute atomic E-state index is 11.0. The fraction of sp³-hybridized carbons (Fsp3) is 0.261. The molecule has 3 nitrogen and oxygen atoms in total. The molecule has 0 spiro atoms. The average molecular weight is 343 g/mol. The molecule has 0 saturated heterocycles. The number of aromatic nitrogens is 1. The molecule has 2 bridgehead atoms. The Bertz CT molecular complexity index is 924. The van der Waals surface area contributed by atoms with Gasteiger partial charge in [-0.2, -0.15) is 0 Å². The first-order valence-electron chi connectivity index (χ1n) is 9.19. The highest BCUT2D eigenvalue weighted by atomic mass is 16.5. The summed E-state index contributed by atoms with van der Waals surface area (Å²) in [6.45, 7) is 0.540. The minimum absolute atomic E-state index is 0.00342. The van der Waals surface area contributed by atoms with Crippen molar-refractivity contribution in [2.75, 3.05) is 0 Å². The third kappa shape index (κ3) is 2.47. The van der Waals surface area contributed by atoms with Crippen LogP contribution in [0.3, 0.4) is 0 Å². The molecule has 2 aliphatic carbocycles. The first-order chi connectivity index (χ1) is 12.8. The SMILES string of the molecule is O[C@H]1c2ccccc2[C@@H]2C[C@H]1c1ccccc1[C@@H]2OCc1cccnc1. The van der Waals surface area contributed by atoms with Gasteiger partial charge < -0.3 is 9.84 Å². The molecule has 5 rings (SSSR count). The number of hydrogen-bond donors (Lipinski definition) is 1. The van der Waals surface area contributed by atoms with Crippen molar-refractivity contribution in [1.82, 2.24) is 4.98 Å². The lowest BCUT2D eigenvalue weighted by atomic mass is 9.64. The van der Waals surface area contributed by atoms with E-state index in [9.17, 15) is 5.11 Å². The number of aliphatic hydroxyl groups is 1. The summed E-state index contributed by atoms with van der Waals surface area (Å²) in [4.78, 5) is 4.19. The van der Waals surface area contributed by atoms with Gasteiger partial charge in [0.15, 0.2) is 0 Å². The Balaban J connectivity index is 1.56. The van der Waals surface area contributed by atoms with Gasteiger partial charge in [0.05, 0.1) is 18.8 Å². The Kier molecular flexibility index (Phi) is 3.84. The largest absolute Gasteiger partial charge is 0.388 e. The van der Waals surface area contributed by atoms with E-state index in [1.807, 2.05) is 24.4 Å². The second kappa shape index (κ2) is 6.35. The highest BCUT2D eigenvalue weighted by molar-refractivity contribution is 5.47. The third-order valence-corrected chi connectivity index (χ3v) is 5.82. The summed E-state index contributed by atoms with van der Waals surface area (Å²) < 4.78 is 6.45. The molecule has 1 heterocycles. The number of ether oxygens (including phenoxy) is 1. The Morgan fingerprint density at radius 1 is 0.846 bits per heavy atom. The minimum atomic E-state index is -0.442. The maximum atomic E-state index is 11.0. The molecule has 26 heavy (non-hydrogen) atoms. The summed E-state index contributed by atoms with van der Waals surface area (Å²) in [7, 11) is 0. The molecule has 130 valence electrons. The van der Waals surface area contributed by atoms with Crippen molar-refractivity contribution in [3.8, 4) is 0 Å². The lowest BCUT2D eigenvalue weighted by Gasteiger charge is -2.45. The fourth-order valence-electron chi connectivity index (χ4n) is 4.65. The van der Waals surface area contributed by atoms with E-state index in [4.69, 9.17) is 4.74 Å². The van der Waals surface area contributed by atoms with Gasteiger partial charge in [-0.15, -0.1) is 0 Å². The number of hydrogen-bond acceptors (Lipinski definition) is 3. The third-order valence-electron chi connectivity index (χ3n) is 5.82. The molecule has 0 radical (unpaired) electrons. The molecule has 0 fully saturated rings. The van der Waals surface area contributed by atoms with E-state index in [2.05, 4.69) is 47.4 Å². The second-order valence-corrected chi connectivity index (χ2v) is 7.24. The number of aliphatic hydroxyl groups excluding tert-OH is 1. The van der Waals surface area contributed by atoms with Crippen molar-refractivity contribution in [1.29, 1.82) is 0 Å². The van der Waals surface area contributed by atoms with Gasteiger partial charge in [-0.1, -0.05) is 54.6 Å². The van der Waals surface area contributed by atoms with Gasteiger partial charge in [-0.05, 0) is 40.3 Å². The van der Waals surface area contributed by atoms with Crippen LogP contribution in [-0.4, -0.2) is 10.1 Å². The zero-order valence-electron chi connectivity index (χ0n) is 14.5. The van der Waals surface area contributed by atoms with Crippen molar-refractivity contribution in [3.05, 3.63) is 101 Å². The molecule has 3 heteroatoms. The predicted octanol–water partition coefficient (Wildman–Crippen LogP) is 4.66. The smallest absolute Gasteiger partial charge is 0.0901 e. The molecule has 0 saturated carbocycles. The molecule has 0 unspecified atom stereocenters. The van der Waals surface area contributed by atoms with E-state index >= 15 is 0 Å². The van der Waals surface area contributed by atoms with E-state index in [1.165, 1.54) is 16.7 Å². The van der Waals surface area contributed by atoms with Crippen molar-refractivity contribution < 1.29 is 9.84 Å². The van der Waals surface area contributed by atoms with Gasteiger partial charge in [-0.3, -0.25) is 4.98 Å². The summed E-state index contributed by atoms with van der Waals surface area (Å²) in [5.41, 5.74) is 5.80. The van der Waals surface area contributed by atoms with Gasteiger partial charge in [0.1, 0.15) is 0 Å². The fourth-order valence-corrected chi connectivity index (χ4v) is 4.65. The summed E-state index contributed by atoms with van der Waals surface area (Å²) in [6, 6.07) is 20.7. The molecular weight excluding hydrogens is 322 g/mol. The molecule has 0 amide bonds. The van der Waals surface area contributed by atoms with E-state index in [1.54, 1.807) is 6.20 Å². The van der Waals surface area contributed by atoms with Crippen LogP contribution in [0.4, 0.5) is 0 Å². The van der Waals surface area contributed by atoms with Gasteiger partial charge in [0, 0.05) is 24.2 Å². The lowest BCUT2D eigenvalue weighted by molar-refractivity contribution is -0.00482. The minimum Gasteiger partial charge on any atom is -0.388 e. The highest BCUT2D eigenvalue weighted by Gasteiger charge is 2.44. The normalized spacial score (nSPS) is 26.0. The molecule has 3 aromatic rings. The standard InChI is InChI=1S/C23H21NO2/c25-22-18-9-3-1-7-16(18)21-12-20(22)17-8-2-4-10-19(17)23(21)26-14-15-6-5-11-24-13-15/h1-11,13,20-23,25H,12,14H2/t20-,21-,22-,23-/m0/s1. The van der Waals surface area contributed by atoms with Crippen molar-refractivity contribution in [3.63, 3.8) is 0 Å². The van der Waals surface area contributed by atoms with Gasteiger partial charge in [0.2, 0.25) is 0 Å². The number of fused-ring (bicyclic) bond motifs is 6. The molecule has 1 aromatic heterocycles. The van der Waals surface area contributed by atoms with Crippen molar-refractivity contribution in [2.24, 2.45) is 0 Å². The first kappa shape index (κ1) is 15.7. The van der Waals surface area contributed by atoms with Gasteiger partial charge in [0.25, 0.3) is 0 Å². The number of pyridine rings is 1. The summed E-state index contributed by atoms with van der Waals surface area (Å²) in [6.07, 6.45) is 4.12. The van der Waals surface area contributed by atoms with Crippen LogP contribution in [0.5, 0.6) is 0 Å². The van der Waals surface area contributed by atoms with E-state index in [0.717, 1.165) is 17.5 Å². The molecule has 2 aromatic carbocycles. The molecular formula is C23H21NO2. The van der Waals surface area contributed by atoms with Crippen LogP contribution < -0.4 is 0 Å². The zero-order valence-corrected chi connectivity index (χ0v) is 14.5. The van der Waals surface area contributed by atoms with Crippen LogP contribution in [0.25, 0.3) is 0 Å². The van der Waals surface area contributed by atoms with Crippen LogP contribution in [-0.2, 0) is 11.3 Å². The van der Waals surface area contributed by atoms with Gasteiger partial charge >= 0.3 is 0 Å². The first-order valence-corrected chi connectivity index (χ1v) is 9.19. The topological polar surface area (TPSA) is 42.4 Å². The van der Waals surface area contributed by atoms with Crippen molar-refractivity contribution >= 4 is 0 Å². The lowest BCUT2D eigenvalue weighted by Crippen LogP contribution is -2.32. The summed E-state index contributed by atoms with van der Waals surface area (Å²) >= 11 is 0. The molecule has 2 aliphatic rings. The molecule has 1 N–H and O–H groups in total. The Morgan fingerprint density at radius 3 is 2.27 bits per heavy atom. The number of rotatable bonds is 3. The quantitative estimate of drug-likeness (QED) is 0.752. The van der Waals surface area contributed by atoms with Crippen LogP contribution in [0, 0.1) is 0 Å². The Labute approximate surface area is 153 Å². The second-order valence-electron chi connectivity index (χ2n) is 7.24. The van der Waals surface area contributed by atoms with E-state index in [0.29, 0.717) is 6.61 Å². The summed E-state index contributed by atoms with van der Waals surface area (Å²) in [5.74, 6) is 0.413. The van der Waals surface area contributed by atoms with E-state index < -0.39 is 6.10 Å². The van der Waals surface area contributed by atoms with Crippen LogP contribution in [0.15, 0.2) is 73.1 Å². The van der Waals surface area contributed by atoms with Crippen LogP contribution in [0.2, 0.25) is 0 Å². The average Bonchev–Trinajstić information content (AvgIpc) is 2.71. The highest BCUT2D eigenvalue weighted by Crippen LogP contribution is 2.56. The van der Waals surface area contributed by atoms with Gasteiger partial charge in [-0.25, -0.2) is 0 Å². The van der Waals surface area contributed by atoms with Crippen LogP contribution >= 0.6 is 0 Å². The monoisotopic (exact) mass is 343 g/mol. The molecule has 4 atom stereocenters. The van der Waals surface area contributed by atoms with E-state index in [-0.39, 0.29) is 17.9 Å². The predicted molar refractivity (Wildman–Crippen MR) is 99.7 cm³/mol. The Morgan fingerprint density at radius 2 is 1.54 bits per heavy atom. The Hall–Kier alpha value is -2.49. The number of benzene rings is 2. The zero-order chi connectivity index (χ0) is 17.5. The maximum Gasteiger partial charge on any atom is 0.0901 e. The van der Waals surface area contributed by atoms with Crippen LogP contribution in [0.1, 0.15) is 58.3 Å². The number of nitrogens with zero attached hydrogens (tertiary/aromatic N) is 1.